The number of hydrogen-bond donors (Lipinski definition) is 3. The number of urea groups is 1. The van der Waals surface area contributed by atoms with Gasteiger partial charge >= 0.3 is 12.0 Å². The largest absolute Gasteiger partial charge is 0.481 e. The Morgan fingerprint density at radius 1 is 1.10 bits per heavy atom. The van der Waals surface area contributed by atoms with Crippen molar-refractivity contribution in [1.29, 1.82) is 0 Å². The van der Waals surface area contributed by atoms with Gasteiger partial charge in [-0.15, -0.1) is 0 Å². The molecule has 2 amide bonds. The monoisotopic (exact) mass is 289 g/mol. The van der Waals surface area contributed by atoms with Gasteiger partial charge in [0.25, 0.3) is 0 Å². The molecule has 0 aromatic carbocycles. The second kappa shape index (κ2) is 12.7. The van der Waals surface area contributed by atoms with Gasteiger partial charge in [-0.2, -0.15) is 0 Å². The predicted molar refractivity (Wildman–Crippen MR) is 76.9 cm³/mol. The van der Waals surface area contributed by atoms with Crippen LogP contribution in [0.5, 0.6) is 0 Å². The van der Waals surface area contributed by atoms with E-state index in [1.54, 1.807) is 7.11 Å². The highest BCUT2D eigenvalue weighted by Crippen LogP contribution is 1.98. The Morgan fingerprint density at radius 3 is 2.45 bits per heavy atom. The van der Waals surface area contributed by atoms with Crippen molar-refractivity contribution >= 4 is 12.0 Å². The molecule has 0 saturated carbocycles. The van der Waals surface area contributed by atoms with Gasteiger partial charge in [0.15, 0.2) is 0 Å². The summed E-state index contributed by atoms with van der Waals surface area (Å²) in [5, 5.41) is 14.0. The molecule has 0 radical (unpaired) electrons. The summed E-state index contributed by atoms with van der Waals surface area (Å²) in [5.41, 5.74) is 0. The molecule has 0 fully saturated rings. The molecule has 0 aliphatic heterocycles. The van der Waals surface area contributed by atoms with Crippen LogP contribution in [-0.2, 0) is 9.53 Å². The van der Waals surface area contributed by atoms with Crippen LogP contribution in [0.4, 0.5) is 4.79 Å². The summed E-state index contributed by atoms with van der Waals surface area (Å²) in [6.45, 7) is 3.45. The number of carboxylic acid groups (broad SMARTS) is 1. The second-order valence-electron chi connectivity index (χ2n) is 4.68. The van der Waals surface area contributed by atoms with E-state index in [4.69, 9.17) is 9.84 Å². The molecule has 0 saturated heterocycles. The number of nitrogens with one attached hydrogen (secondary N) is 2. The lowest BCUT2D eigenvalue weighted by Crippen LogP contribution is -2.40. The quantitative estimate of drug-likeness (QED) is 0.455. The number of carbonyl (C=O) groups excluding carboxylic acids is 1. The van der Waals surface area contributed by atoms with Crippen molar-refractivity contribution in [3.8, 4) is 0 Å². The average Bonchev–Trinajstić information content (AvgIpc) is 2.40. The zero-order chi connectivity index (χ0) is 15.2. The molecule has 118 valence electrons. The molecule has 0 spiro atoms. The van der Waals surface area contributed by atoms with Crippen LogP contribution in [0.2, 0.25) is 0 Å². The Balaban J connectivity index is 3.34. The van der Waals surface area contributed by atoms with Gasteiger partial charge in [0, 0.05) is 39.7 Å². The Labute approximate surface area is 120 Å². The number of methoxy groups -OCH3 is 1. The lowest BCUT2D eigenvalue weighted by molar-refractivity contribution is -0.137. The first kappa shape index (κ1) is 18.7. The van der Waals surface area contributed by atoms with E-state index in [2.05, 4.69) is 15.5 Å². The highest BCUT2D eigenvalue weighted by Gasteiger charge is 2.01. The molecule has 0 unspecified atom stereocenters. The fourth-order valence-corrected chi connectivity index (χ4v) is 1.56. The molecule has 0 aliphatic carbocycles. The molecular weight excluding hydrogens is 262 g/mol. The Hall–Kier alpha value is -1.34. The van der Waals surface area contributed by atoms with Crippen LogP contribution in [0, 0.1) is 0 Å². The zero-order valence-corrected chi connectivity index (χ0v) is 12.5. The lowest BCUT2D eigenvalue weighted by Gasteiger charge is -2.16. The number of amides is 2. The number of hydrogen-bond acceptors (Lipinski definition) is 4. The van der Waals surface area contributed by atoms with E-state index in [1.165, 1.54) is 0 Å². The van der Waals surface area contributed by atoms with Gasteiger partial charge in [-0.25, -0.2) is 4.79 Å². The van der Waals surface area contributed by atoms with Gasteiger partial charge in [-0.05, 0) is 19.9 Å². The molecule has 0 atom stereocenters. The van der Waals surface area contributed by atoms with E-state index in [1.807, 2.05) is 7.05 Å². The topological polar surface area (TPSA) is 90.9 Å². The van der Waals surface area contributed by atoms with Crippen LogP contribution in [0.25, 0.3) is 0 Å². The number of nitrogens with zero attached hydrogens (tertiary/aromatic N) is 1. The molecule has 3 N–H and O–H groups in total. The molecule has 0 aromatic heterocycles. The maximum absolute atomic E-state index is 11.4. The van der Waals surface area contributed by atoms with E-state index < -0.39 is 5.97 Å². The standard InChI is InChI=1S/C13H27N3O4/c1-16(10-11-20-2)9-8-15-13(19)14-7-5-3-4-6-12(17)18/h3-11H2,1-2H3,(H,17,18)(H2,14,15,19). The minimum atomic E-state index is -0.770. The van der Waals surface area contributed by atoms with Crippen molar-refractivity contribution in [2.45, 2.75) is 25.7 Å². The third kappa shape index (κ3) is 13.1. The van der Waals surface area contributed by atoms with E-state index in [9.17, 15) is 9.59 Å². The SMILES string of the molecule is COCCN(C)CCNC(=O)NCCCCCC(=O)O. The van der Waals surface area contributed by atoms with Crippen molar-refractivity contribution in [3.05, 3.63) is 0 Å². The van der Waals surface area contributed by atoms with Gasteiger partial charge in [0.1, 0.15) is 0 Å². The second-order valence-corrected chi connectivity index (χ2v) is 4.68. The van der Waals surface area contributed by atoms with Crippen LogP contribution in [0.15, 0.2) is 0 Å². The number of likely N-dealkylation sites (N-methyl/N-ethyl adjacent to an activating group) is 1. The summed E-state index contributed by atoms with van der Waals surface area (Å²) in [5.74, 6) is -0.770. The Bertz CT molecular complexity index is 274. The molecule has 0 aromatic rings. The summed E-state index contributed by atoms with van der Waals surface area (Å²) in [6, 6.07) is -0.177. The van der Waals surface area contributed by atoms with Gasteiger partial charge in [-0.3, -0.25) is 4.79 Å². The maximum Gasteiger partial charge on any atom is 0.314 e. The third-order valence-electron chi connectivity index (χ3n) is 2.81. The van der Waals surface area contributed by atoms with Crippen LogP contribution >= 0.6 is 0 Å². The first-order valence-electron chi connectivity index (χ1n) is 6.97. The predicted octanol–water partition coefficient (Wildman–Crippen LogP) is 0.509. The van der Waals surface area contributed by atoms with Crippen LogP contribution in [-0.4, -0.2) is 69.0 Å². The van der Waals surface area contributed by atoms with Crippen LogP contribution in [0.3, 0.4) is 0 Å². The highest BCUT2D eigenvalue weighted by atomic mass is 16.5. The van der Waals surface area contributed by atoms with Crippen molar-refractivity contribution in [2.75, 3.05) is 46.9 Å². The molecule has 0 bridgehead atoms. The highest BCUT2D eigenvalue weighted by molar-refractivity contribution is 5.73. The molecule has 0 rings (SSSR count). The summed E-state index contributed by atoms with van der Waals surface area (Å²) in [7, 11) is 3.64. The van der Waals surface area contributed by atoms with Gasteiger partial charge in [0.05, 0.1) is 6.61 Å². The smallest absolute Gasteiger partial charge is 0.314 e. The first-order valence-corrected chi connectivity index (χ1v) is 6.97. The van der Waals surface area contributed by atoms with Crippen molar-refractivity contribution in [2.24, 2.45) is 0 Å². The van der Waals surface area contributed by atoms with E-state index >= 15 is 0 Å². The van der Waals surface area contributed by atoms with Gasteiger partial charge in [-0.1, -0.05) is 6.42 Å². The summed E-state index contributed by atoms with van der Waals surface area (Å²) >= 11 is 0. The summed E-state index contributed by atoms with van der Waals surface area (Å²) in [4.78, 5) is 23.8. The van der Waals surface area contributed by atoms with Crippen molar-refractivity contribution < 1.29 is 19.4 Å². The zero-order valence-electron chi connectivity index (χ0n) is 12.5. The maximum atomic E-state index is 11.4. The first-order chi connectivity index (χ1) is 9.56. The molecule has 0 heterocycles. The summed E-state index contributed by atoms with van der Waals surface area (Å²) in [6.07, 6.45) is 2.46. The Morgan fingerprint density at radius 2 is 1.80 bits per heavy atom. The van der Waals surface area contributed by atoms with E-state index in [-0.39, 0.29) is 12.5 Å². The third-order valence-corrected chi connectivity index (χ3v) is 2.81. The fourth-order valence-electron chi connectivity index (χ4n) is 1.56. The number of rotatable bonds is 12. The minimum Gasteiger partial charge on any atom is -0.481 e. The number of carboxylic acids is 1. The number of ether oxygens (including phenoxy) is 1. The summed E-state index contributed by atoms with van der Waals surface area (Å²) < 4.78 is 4.96. The molecule has 7 nitrogen and oxygen atoms in total. The van der Waals surface area contributed by atoms with Gasteiger partial charge in [0.2, 0.25) is 0 Å². The molecule has 7 heteroatoms. The lowest BCUT2D eigenvalue weighted by atomic mass is 10.2. The van der Waals surface area contributed by atoms with Crippen LogP contribution < -0.4 is 10.6 Å². The number of unbranched alkanes of at least 4 members (excludes halogenated alkanes) is 2. The molecule has 0 aliphatic rings. The number of aliphatic carboxylic acids is 1. The fraction of sp³-hybridized carbons (Fsp3) is 0.846. The Kier molecular flexibility index (Phi) is 11.8. The minimum absolute atomic E-state index is 0.177. The van der Waals surface area contributed by atoms with Crippen molar-refractivity contribution in [3.63, 3.8) is 0 Å². The average molecular weight is 289 g/mol. The normalized spacial score (nSPS) is 10.6. The van der Waals surface area contributed by atoms with Crippen LogP contribution in [0.1, 0.15) is 25.7 Å². The van der Waals surface area contributed by atoms with E-state index in [0.717, 1.165) is 25.9 Å². The molecule has 20 heavy (non-hydrogen) atoms. The molecular formula is C13H27N3O4. The van der Waals surface area contributed by atoms with Crippen molar-refractivity contribution in [1.82, 2.24) is 15.5 Å². The van der Waals surface area contributed by atoms with Gasteiger partial charge < -0.3 is 25.4 Å². The number of carbonyl (C=O) groups is 2. The van der Waals surface area contributed by atoms with E-state index in [0.29, 0.717) is 26.1 Å².